The van der Waals surface area contributed by atoms with Crippen molar-refractivity contribution in [1.29, 1.82) is 0 Å². The third-order valence-electron chi connectivity index (χ3n) is 5.31. The highest BCUT2D eigenvalue weighted by molar-refractivity contribution is 5.79. The molecular weight excluding hydrogens is 433 g/mol. The van der Waals surface area contributed by atoms with E-state index in [-0.39, 0.29) is 6.54 Å². The number of nitrogens with two attached hydrogens (primary N) is 1. The van der Waals surface area contributed by atoms with Crippen LogP contribution in [-0.4, -0.2) is 101 Å². The van der Waals surface area contributed by atoms with Gasteiger partial charge in [0.2, 0.25) is 0 Å². The number of hydrogen-bond donors (Lipinski definition) is 3. The fraction of sp³-hybridized carbons (Fsp3) is 0.579. The summed E-state index contributed by atoms with van der Waals surface area (Å²) < 4.78 is 31.7. The van der Waals surface area contributed by atoms with Gasteiger partial charge in [0, 0.05) is 57.1 Å². The van der Waals surface area contributed by atoms with Gasteiger partial charge in [0.15, 0.2) is 0 Å². The number of aliphatic carboxylic acids is 2. The molecule has 0 unspecified atom stereocenters. The molecule has 0 radical (unpaired) electrons. The number of piperidine rings is 1. The molecule has 1 aromatic heterocycles. The molecule has 32 heavy (non-hydrogen) atoms. The standard InChI is InChI=1S/C17H26N6O2.C2HF3O2/c18-20-12-14-1-2-16(19-11-14)23-9-7-22(8-10-23)15-3-5-21(6-4-15)13-17(24)25;3-2(4,5)1(6)7/h1-2,11-12,15H,3-10,13,18H2,(H,24,25);(H,6,7). The number of anilines is 1. The number of hydrazone groups is 1. The number of nitrogens with zero attached hydrogens (tertiary/aromatic N) is 5. The average Bonchev–Trinajstić information content (AvgIpc) is 2.75. The Balaban J connectivity index is 0.000000451. The van der Waals surface area contributed by atoms with Crippen LogP contribution in [0.1, 0.15) is 18.4 Å². The summed E-state index contributed by atoms with van der Waals surface area (Å²) in [5, 5.41) is 19.5. The Labute approximate surface area is 183 Å². The van der Waals surface area contributed by atoms with E-state index < -0.39 is 18.1 Å². The van der Waals surface area contributed by atoms with Gasteiger partial charge in [-0.05, 0) is 25.0 Å². The number of rotatable bonds is 5. The highest BCUT2D eigenvalue weighted by atomic mass is 19.4. The smallest absolute Gasteiger partial charge is 0.480 e. The number of aromatic nitrogens is 1. The summed E-state index contributed by atoms with van der Waals surface area (Å²) in [6.45, 7) is 5.90. The lowest BCUT2D eigenvalue weighted by molar-refractivity contribution is -0.192. The van der Waals surface area contributed by atoms with Crippen molar-refractivity contribution in [3.05, 3.63) is 23.9 Å². The van der Waals surface area contributed by atoms with Gasteiger partial charge in [-0.15, -0.1) is 0 Å². The molecule has 0 atom stereocenters. The molecule has 2 fully saturated rings. The quantitative estimate of drug-likeness (QED) is 0.329. The minimum Gasteiger partial charge on any atom is -0.480 e. The summed E-state index contributed by atoms with van der Waals surface area (Å²) in [6.07, 6.45) is 0.402. The molecule has 3 heterocycles. The van der Waals surface area contributed by atoms with E-state index in [1.54, 1.807) is 12.4 Å². The molecule has 1 aromatic rings. The Kier molecular flexibility index (Phi) is 9.20. The number of carboxylic acids is 2. The zero-order chi connectivity index (χ0) is 23.7. The molecular formula is C19H27F3N6O4. The minimum absolute atomic E-state index is 0.164. The lowest BCUT2D eigenvalue weighted by Gasteiger charge is -2.42. The number of carbonyl (C=O) groups is 2. The molecule has 2 saturated heterocycles. The van der Waals surface area contributed by atoms with Crippen LogP contribution in [0.15, 0.2) is 23.4 Å². The number of pyridine rings is 1. The molecule has 0 aliphatic carbocycles. The van der Waals surface area contributed by atoms with E-state index in [0.717, 1.165) is 63.5 Å². The van der Waals surface area contributed by atoms with Gasteiger partial charge < -0.3 is 21.0 Å². The maximum absolute atomic E-state index is 10.8. The molecule has 0 aromatic carbocycles. The van der Waals surface area contributed by atoms with Crippen molar-refractivity contribution in [3.8, 4) is 0 Å². The third kappa shape index (κ3) is 7.96. The lowest BCUT2D eigenvalue weighted by atomic mass is 10.0. The van der Waals surface area contributed by atoms with Crippen molar-refractivity contribution in [2.24, 2.45) is 10.9 Å². The maximum Gasteiger partial charge on any atom is 0.490 e. The molecule has 0 saturated carbocycles. The zero-order valence-electron chi connectivity index (χ0n) is 17.4. The van der Waals surface area contributed by atoms with Crippen LogP contribution >= 0.6 is 0 Å². The minimum atomic E-state index is -5.08. The summed E-state index contributed by atoms with van der Waals surface area (Å²) in [4.78, 5) is 31.1. The summed E-state index contributed by atoms with van der Waals surface area (Å²) in [7, 11) is 0. The first-order valence-corrected chi connectivity index (χ1v) is 10.0. The summed E-state index contributed by atoms with van der Waals surface area (Å²) in [5.41, 5.74) is 0.901. The van der Waals surface area contributed by atoms with E-state index in [1.165, 1.54) is 0 Å². The second kappa shape index (κ2) is 11.6. The van der Waals surface area contributed by atoms with Crippen LogP contribution in [0.3, 0.4) is 0 Å². The van der Waals surface area contributed by atoms with Crippen LogP contribution in [-0.2, 0) is 9.59 Å². The molecule has 10 nitrogen and oxygen atoms in total. The largest absolute Gasteiger partial charge is 0.490 e. The highest BCUT2D eigenvalue weighted by Crippen LogP contribution is 2.20. The second-order valence-corrected chi connectivity index (χ2v) is 7.45. The van der Waals surface area contributed by atoms with E-state index in [4.69, 9.17) is 20.9 Å². The van der Waals surface area contributed by atoms with Crippen molar-refractivity contribution in [3.63, 3.8) is 0 Å². The van der Waals surface area contributed by atoms with Gasteiger partial charge in [-0.2, -0.15) is 18.3 Å². The number of hydrogen-bond acceptors (Lipinski definition) is 8. The number of alkyl halides is 3. The molecule has 2 aliphatic heterocycles. The van der Waals surface area contributed by atoms with Gasteiger partial charge in [0.25, 0.3) is 0 Å². The van der Waals surface area contributed by atoms with Gasteiger partial charge in [-0.1, -0.05) is 0 Å². The molecule has 13 heteroatoms. The zero-order valence-corrected chi connectivity index (χ0v) is 17.4. The normalized spacial score (nSPS) is 18.9. The van der Waals surface area contributed by atoms with E-state index in [2.05, 4.69) is 19.9 Å². The monoisotopic (exact) mass is 460 g/mol. The van der Waals surface area contributed by atoms with Crippen LogP contribution in [0.4, 0.5) is 19.0 Å². The number of piperazine rings is 1. The highest BCUT2D eigenvalue weighted by Gasteiger charge is 2.38. The van der Waals surface area contributed by atoms with E-state index in [0.29, 0.717) is 6.04 Å². The first kappa shape index (κ1) is 25.3. The van der Waals surface area contributed by atoms with Gasteiger partial charge in [0.05, 0.1) is 12.8 Å². The second-order valence-electron chi connectivity index (χ2n) is 7.45. The first-order valence-electron chi connectivity index (χ1n) is 10.0. The van der Waals surface area contributed by atoms with Crippen molar-refractivity contribution >= 4 is 24.0 Å². The molecule has 4 N–H and O–H groups in total. The van der Waals surface area contributed by atoms with Crippen molar-refractivity contribution < 1.29 is 33.0 Å². The number of likely N-dealkylation sites (tertiary alicyclic amines) is 1. The van der Waals surface area contributed by atoms with Crippen LogP contribution in [0.2, 0.25) is 0 Å². The van der Waals surface area contributed by atoms with Crippen molar-refractivity contribution in [2.75, 3.05) is 50.7 Å². The van der Waals surface area contributed by atoms with Gasteiger partial charge in [-0.25, -0.2) is 9.78 Å². The Morgan fingerprint density at radius 2 is 1.72 bits per heavy atom. The van der Waals surface area contributed by atoms with E-state index in [9.17, 15) is 18.0 Å². The summed E-state index contributed by atoms with van der Waals surface area (Å²) >= 11 is 0. The van der Waals surface area contributed by atoms with Gasteiger partial charge in [-0.3, -0.25) is 14.6 Å². The van der Waals surface area contributed by atoms with Crippen molar-refractivity contribution in [1.82, 2.24) is 14.8 Å². The van der Waals surface area contributed by atoms with Gasteiger partial charge >= 0.3 is 18.1 Å². The summed E-state index contributed by atoms with van der Waals surface area (Å²) in [6, 6.07) is 4.56. The predicted molar refractivity (Wildman–Crippen MR) is 111 cm³/mol. The van der Waals surface area contributed by atoms with Gasteiger partial charge in [0.1, 0.15) is 5.82 Å². The topological polar surface area (TPSA) is 136 Å². The van der Waals surface area contributed by atoms with Crippen LogP contribution in [0.25, 0.3) is 0 Å². The van der Waals surface area contributed by atoms with E-state index >= 15 is 0 Å². The molecule has 2 aliphatic rings. The fourth-order valence-electron chi connectivity index (χ4n) is 3.70. The molecule has 0 bridgehead atoms. The van der Waals surface area contributed by atoms with E-state index in [1.807, 2.05) is 17.0 Å². The Bertz CT molecular complexity index is 774. The van der Waals surface area contributed by atoms with Crippen molar-refractivity contribution in [2.45, 2.75) is 25.1 Å². The van der Waals surface area contributed by atoms with Crippen LogP contribution in [0.5, 0.6) is 0 Å². The Hall–Kier alpha value is -2.93. The third-order valence-corrected chi connectivity index (χ3v) is 5.31. The maximum atomic E-state index is 10.8. The first-order chi connectivity index (χ1) is 15.1. The molecule has 0 amide bonds. The molecule has 0 spiro atoms. The SMILES string of the molecule is NN=Cc1ccc(N2CCN(C3CCN(CC(=O)O)CC3)CC2)nc1.O=C(O)C(F)(F)F. The average molecular weight is 460 g/mol. The Morgan fingerprint density at radius 1 is 1.12 bits per heavy atom. The molecule has 3 rings (SSSR count). The van der Waals surface area contributed by atoms with Crippen LogP contribution < -0.4 is 10.7 Å². The summed E-state index contributed by atoms with van der Waals surface area (Å²) in [5.74, 6) is 2.65. The predicted octanol–water partition coefficient (Wildman–Crippen LogP) is 0.679. The number of carboxylic acid groups (broad SMARTS) is 2. The lowest BCUT2D eigenvalue weighted by Crippen LogP contribution is -2.53. The van der Waals surface area contributed by atoms with Crippen LogP contribution in [0, 0.1) is 0 Å². The Morgan fingerprint density at radius 3 is 2.16 bits per heavy atom. The molecule has 178 valence electrons. The fourth-order valence-corrected chi connectivity index (χ4v) is 3.70. The number of halogens is 3.